The molecule has 0 radical (unpaired) electrons. The Hall–Kier alpha value is -1.21. The summed E-state index contributed by atoms with van der Waals surface area (Å²) in [6.45, 7) is 9.13. The number of benzene rings is 1. The summed E-state index contributed by atoms with van der Waals surface area (Å²) in [5.74, 6) is 0.334. The van der Waals surface area contributed by atoms with Gasteiger partial charge in [-0.15, -0.1) is 0 Å². The lowest BCUT2D eigenvalue weighted by Crippen LogP contribution is -2.48. The smallest absolute Gasteiger partial charge is 0.123 e. The van der Waals surface area contributed by atoms with Crippen LogP contribution in [0.5, 0.6) is 5.75 Å². The molecule has 1 N–H and O–H groups in total. The fourth-order valence-electron chi connectivity index (χ4n) is 2.61. The monoisotopic (exact) mass is 326 g/mol. The van der Waals surface area contributed by atoms with Crippen LogP contribution in [0.1, 0.15) is 6.92 Å². The van der Waals surface area contributed by atoms with Crippen molar-refractivity contribution in [2.24, 2.45) is 0 Å². The molecule has 1 heterocycles. The molecule has 1 aliphatic heterocycles. The summed E-state index contributed by atoms with van der Waals surface area (Å²) >= 11 is 0. The van der Waals surface area contributed by atoms with Gasteiger partial charge in [-0.2, -0.15) is 0 Å². The average molecular weight is 326 g/mol. The predicted octanol–water partition coefficient (Wildman–Crippen LogP) is 1.22. The standard InChI is InChI=1S/C17H27FN2O3/c1-2-19-7-9-20(10-8-19)13-16(21)14-22-11-12-23-17-5-3-15(18)4-6-17/h3-6,16,21H,2,7-14H2,1H3/t16-/m1/s1. The number of rotatable bonds is 9. The van der Waals surface area contributed by atoms with Crippen LogP contribution in [-0.2, 0) is 4.74 Å². The molecular formula is C17H27FN2O3. The third-order valence-electron chi connectivity index (χ3n) is 4.00. The maximum absolute atomic E-state index is 12.7. The lowest BCUT2D eigenvalue weighted by atomic mass is 10.2. The fourth-order valence-corrected chi connectivity index (χ4v) is 2.61. The third-order valence-corrected chi connectivity index (χ3v) is 4.00. The quantitative estimate of drug-likeness (QED) is 0.692. The molecule has 130 valence electrons. The third kappa shape index (κ3) is 6.83. The molecular weight excluding hydrogens is 299 g/mol. The maximum atomic E-state index is 12.7. The predicted molar refractivity (Wildman–Crippen MR) is 87.3 cm³/mol. The molecule has 1 aromatic rings. The molecule has 0 amide bonds. The summed E-state index contributed by atoms with van der Waals surface area (Å²) in [6.07, 6.45) is -0.478. The zero-order chi connectivity index (χ0) is 16.5. The number of aliphatic hydroxyl groups is 1. The van der Waals surface area contributed by atoms with Crippen molar-refractivity contribution < 1.29 is 19.0 Å². The first kappa shape index (κ1) is 18.1. The summed E-state index contributed by atoms with van der Waals surface area (Å²) in [6, 6.07) is 5.89. The van der Waals surface area contributed by atoms with Gasteiger partial charge in [0.05, 0.1) is 19.3 Å². The normalized spacial score (nSPS) is 18.0. The highest BCUT2D eigenvalue weighted by atomic mass is 19.1. The molecule has 23 heavy (non-hydrogen) atoms. The number of hydrogen-bond acceptors (Lipinski definition) is 5. The van der Waals surface area contributed by atoms with Crippen LogP contribution in [0.3, 0.4) is 0 Å². The van der Waals surface area contributed by atoms with Crippen molar-refractivity contribution in [1.29, 1.82) is 0 Å². The number of β-amino-alcohol motifs (C(OH)–C–C–N with tert-alkyl or cyclic N) is 1. The van der Waals surface area contributed by atoms with E-state index >= 15 is 0 Å². The van der Waals surface area contributed by atoms with Crippen LogP contribution in [0.25, 0.3) is 0 Å². The van der Waals surface area contributed by atoms with Gasteiger partial charge in [-0.25, -0.2) is 4.39 Å². The number of piperazine rings is 1. The highest BCUT2D eigenvalue weighted by Crippen LogP contribution is 2.10. The molecule has 0 aromatic heterocycles. The molecule has 5 nitrogen and oxygen atoms in total. The van der Waals surface area contributed by atoms with E-state index in [0.717, 1.165) is 32.7 Å². The van der Waals surface area contributed by atoms with Crippen LogP contribution in [0, 0.1) is 5.82 Å². The lowest BCUT2D eigenvalue weighted by molar-refractivity contribution is 0.000386. The Morgan fingerprint density at radius 3 is 2.39 bits per heavy atom. The van der Waals surface area contributed by atoms with E-state index in [2.05, 4.69) is 16.7 Å². The first-order valence-corrected chi connectivity index (χ1v) is 8.26. The molecule has 0 aliphatic carbocycles. The minimum atomic E-state index is -0.478. The Kier molecular flexibility index (Phi) is 7.74. The molecule has 1 aromatic carbocycles. The molecule has 1 saturated heterocycles. The van der Waals surface area contributed by atoms with Gasteiger partial charge < -0.3 is 19.5 Å². The van der Waals surface area contributed by atoms with Crippen LogP contribution in [-0.4, -0.2) is 80.1 Å². The SMILES string of the molecule is CCN1CCN(C[C@@H](O)COCCOc2ccc(F)cc2)CC1. The van der Waals surface area contributed by atoms with E-state index in [9.17, 15) is 9.50 Å². The van der Waals surface area contributed by atoms with Crippen LogP contribution in [0.2, 0.25) is 0 Å². The Balaban J connectivity index is 1.51. The van der Waals surface area contributed by atoms with Crippen LogP contribution in [0.15, 0.2) is 24.3 Å². The van der Waals surface area contributed by atoms with E-state index in [1.54, 1.807) is 12.1 Å². The Labute approximate surface area is 137 Å². The molecule has 0 saturated carbocycles. The summed E-state index contributed by atoms with van der Waals surface area (Å²) in [7, 11) is 0. The molecule has 1 aliphatic rings. The van der Waals surface area contributed by atoms with Crippen molar-refractivity contribution in [3.8, 4) is 5.75 Å². The molecule has 0 spiro atoms. The van der Waals surface area contributed by atoms with Crippen LogP contribution < -0.4 is 4.74 Å². The van der Waals surface area contributed by atoms with Gasteiger partial charge in [0.15, 0.2) is 0 Å². The Morgan fingerprint density at radius 2 is 1.74 bits per heavy atom. The maximum Gasteiger partial charge on any atom is 0.123 e. The molecule has 1 atom stereocenters. The van der Waals surface area contributed by atoms with Gasteiger partial charge in [-0.3, -0.25) is 4.90 Å². The van der Waals surface area contributed by atoms with E-state index < -0.39 is 6.10 Å². The van der Waals surface area contributed by atoms with Crippen molar-refractivity contribution in [3.05, 3.63) is 30.1 Å². The first-order valence-electron chi connectivity index (χ1n) is 8.26. The Morgan fingerprint density at radius 1 is 1.09 bits per heavy atom. The van der Waals surface area contributed by atoms with E-state index in [-0.39, 0.29) is 5.82 Å². The average Bonchev–Trinajstić information content (AvgIpc) is 2.57. The number of likely N-dealkylation sites (N-methyl/N-ethyl adjacent to an activating group) is 1. The second kappa shape index (κ2) is 9.82. The lowest BCUT2D eigenvalue weighted by Gasteiger charge is -2.34. The second-order valence-electron chi connectivity index (χ2n) is 5.77. The fraction of sp³-hybridized carbons (Fsp3) is 0.647. The van der Waals surface area contributed by atoms with E-state index in [0.29, 0.717) is 32.1 Å². The minimum Gasteiger partial charge on any atom is -0.491 e. The Bertz CT molecular complexity index is 436. The van der Waals surface area contributed by atoms with Crippen molar-refractivity contribution in [2.45, 2.75) is 13.0 Å². The molecule has 1 fully saturated rings. The van der Waals surface area contributed by atoms with E-state index in [1.807, 2.05) is 0 Å². The second-order valence-corrected chi connectivity index (χ2v) is 5.77. The van der Waals surface area contributed by atoms with Crippen molar-refractivity contribution in [1.82, 2.24) is 9.80 Å². The number of hydrogen-bond donors (Lipinski definition) is 1. The number of nitrogens with zero attached hydrogens (tertiary/aromatic N) is 2. The van der Waals surface area contributed by atoms with E-state index in [4.69, 9.17) is 9.47 Å². The molecule has 0 bridgehead atoms. The number of aliphatic hydroxyl groups excluding tert-OH is 1. The summed E-state index contributed by atoms with van der Waals surface area (Å²) in [5.41, 5.74) is 0. The summed E-state index contributed by atoms with van der Waals surface area (Å²) in [5, 5.41) is 10.0. The first-order chi connectivity index (χ1) is 11.2. The highest BCUT2D eigenvalue weighted by molar-refractivity contribution is 5.21. The van der Waals surface area contributed by atoms with Gasteiger partial charge in [0, 0.05) is 32.7 Å². The largest absolute Gasteiger partial charge is 0.491 e. The summed E-state index contributed by atoms with van der Waals surface area (Å²) < 4.78 is 23.6. The molecule has 0 unspecified atom stereocenters. The van der Waals surface area contributed by atoms with Crippen molar-refractivity contribution in [2.75, 3.05) is 59.1 Å². The minimum absolute atomic E-state index is 0.281. The van der Waals surface area contributed by atoms with Gasteiger partial charge in [0.2, 0.25) is 0 Å². The number of halogens is 1. The van der Waals surface area contributed by atoms with Crippen molar-refractivity contribution >= 4 is 0 Å². The van der Waals surface area contributed by atoms with Crippen LogP contribution >= 0.6 is 0 Å². The zero-order valence-electron chi connectivity index (χ0n) is 13.8. The van der Waals surface area contributed by atoms with Crippen molar-refractivity contribution in [3.63, 3.8) is 0 Å². The highest BCUT2D eigenvalue weighted by Gasteiger charge is 2.18. The van der Waals surface area contributed by atoms with Crippen LogP contribution in [0.4, 0.5) is 4.39 Å². The summed E-state index contributed by atoms with van der Waals surface area (Å²) in [4.78, 5) is 4.68. The van der Waals surface area contributed by atoms with Gasteiger partial charge >= 0.3 is 0 Å². The van der Waals surface area contributed by atoms with Gasteiger partial charge in [0.1, 0.15) is 18.2 Å². The topological polar surface area (TPSA) is 45.2 Å². The van der Waals surface area contributed by atoms with E-state index in [1.165, 1.54) is 12.1 Å². The van der Waals surface area contributed by atoms with Gasteiger partial charge in [-0.1, -0.05) is 6.92 Å². The van der Waals surface area contributed by atoms with Gasteiger partial charge in [-0.05, 0) is 30.8 Å². The molecule has 6 heteroatoms. The van der Waals surface area contributed by atoms with Gasteiger partial charge in [0.25, 0.3) is 0 Å². The zero-order valence-corrected chi connectivity index (χ0v) is 13.8. The molecule has 2 rings (SSSR count). The number of ether oxygens (including phenoxy) is 2.